The van der Waals surface area contributed by atoms with Crippen LogP contribution in [0, 0.1) is 5.41 Å². The lowest BCUT2D eigenvalue weighted by Gasteiger charge is -2.37. The van der Waals surface area contributed by atoms with Crippen molar-refractivity contribution in [2.75, 3.05) is 19.7 Å². The average Bonchev–Trinajstić information content (AvgIpc) is 2.41. The van der Waals surface area contributed by atoms with Gasteiger partial charge in [0.05, 0.1) is 5.60 Å². The van der Waals surface area contributed by atoms with E-state index in [9.17, 15) is 9.90 Å². The lowest BCUT2D eigenvalue weighted by atomic mass is 9.91. The second-order valence-electron chi connectivity index (χ2n) is 6.61. The van der Waals surface area contributed by atoms with Crippen LogP contribution in [0.5, 0.6) is 0 Å². The van der Waals surface area contributed by atoms with Gasteiger partial charge in [0.25, 0.3) is 3.79 Å². The summed E-state index contributed by atoms with van der Waals surface area (Å²) < 4.78 is 8.37. The van der Waals surface area contributed by atoms with Crippen LogP contribution in [0.3, 0.4) is 0 Å². The number of ether oxygens (including phenoxy) is 2. The molecule has 0 spiro atoms. The van der Waals surface area contributed by atoms with Crippen LogP contribution in [0.2, 0.25) is 0 Å². The Morgan fingerprint density at radius 2 is 1.83 bits per heavy atom. The summed E-state index contributed by atoms with van der Waals surface area (Å²) in [5.74, 6) is -0.483. The Hall–Kier alpha value is -0.690. The van der Waals surface area contributed by atoms with Gasteiger partial charge in [-0.15, -0.1) is 0 Å². The Kier molecular flexibility index (Phi) is 7.23. The summed E-state index contributed by atoms with van der Waals surface area (Å²) in [7, 11) is 0. The molecule has 1 amide bonds. The Bertz CT molecular complexity index is 490. The molecule has 0 bridgehead atoms. The van der Waals surface area contributed by atoms with Gasteiger partial charge in [-0.25, -0.2) is 4.79 Å². The van der Waals surface area contributed by atoms with Crippen LogP contribution in [-0.2, 0) is 9.47 Å². The molecule has 9 heteroatoms. The molecule has 0 radical (unpaired) electrons. The molecule has 0 aromatic carbocycles. The van der Waals surface area contributed by atoms with Gasteiger partial charge in [0, 0.05) is 13.1 Å². The van der Waals surface area contributed by atoms with E-state index in [0.717, 1.165) is 0 Å². The molecular formula is C15H23Cl3N2O4. The van der Waals surface area contributed by atoms with Crippen LogP contribution in [0.4, 0.5) is 4.79 Å². The number of nitrogens with zero attached hydrogens (tertiary/aromatic N) is 1. The number of rotatable bonds is 3. The van der Waals surface area contributed by atoms with E-state index >= 15 is 0 Å². The summed E-state index contributed by atoms with van der Waals surface area (Å²) in [5, 5.41) is 17.9. The molecule has 6 nitrogen and oxygen atoms in total. The largest absolute Gasteiger partial charge is 0.474 e. The van der Waals surface area contributed by atoms with Crippen LogP contribution in [0.1, 0.15) is 33.6 Å². The zero-order valence-corrected chi connectivity index (χ0v) is 16.2. The molecule has 0 atom stereocenters. The molecule has 1 rings (SSSR count). The van der Waals surface area contributed by atoms with E-state index in [-0.39, 0.29) is 12.7 Å². The summed E-state index contributed by atoms with van der Waals surface area (Å²) in [5.41, 5.74) is -1.58. The normalized spacial score (nSPS) is 18.5. The molecule has 0 unspecified atom stereocenters. The highest BCUT2D eigenvalue weighted by Crippen LogP contribution is 2.28. The van der Waals surface area contributed by atoms with Gasteiger partial charge in [-0.3, -0.25) is 5.41 Å². The van der Waals surface area contributed by atoms with E-state index in [2.05, 4.69) is 0 Å². The van der Waals surface area contributed by atoms with Crippen molar-refractivity contribution in [3.63, 3.8) is 0 Å². The second kappa shape index (κ2) is 8.13. The van der Waals surface area contributed by atoms with Crippen molar-refractivity contribution in [2.24, 2.45) is 0 Å². The van der Waals surface area contributed by atoms with Crippen molar-refractivity contribution >= 4 is 46.8 Å². The minimum Gasteiger partial charge on any atom is -0.474 e. The maximum atomic E-state index is 12.0. The first kappa shape index (κ1) is 21.4. The molecule has 1 saturated heterocycles. The maximum absolute atomic E-state index is 12.0. The molecule has 1 fully saturated rings. The number of piperidine rings is 1. The maximum Gasteiger partial charge on any atom is 0.410 e. The summed E-state index contributed by atoms with van der Waals surface area (Å²) >= 11 is 16.5. The summed E-state index contributed by atoms with van der Waals surface area (Å²) in [6, 6.07) is 0. The van der Waals surface area contributed by atoms with Gasteiger partial charge >= 0.3 is 6.09 Å². The number of alkyl halides is 3. The first-order valence-electron chi connectivity index (χ1n) is 7.49. The van der Waals surface area contributed by atoms with Gasteiger partial charge in [-0.05, 0) is 39.7 Å². The standard InChI is InChI=1S/C15H23Cl3N2O4/c1-13(2,3)24-12(21)20-8-6-14(22,7-9-20)5-4-10-23-11(19)15(16,17)18/h4-5,19,22H,6-10H2,1-3H3/b5-4+,19-11?. The lowest BCUT2D eigenvalue weighted by Crippen LogP contribution is -2.47. The molecule has 24 heavy (non-hydrogen) atoms. The van der Waals surface area contributed by atoms with Gasteiger partial charge in [0.2, 0.25) is 5.90 Å². The number of likely N-dealkylation sites (tertiary alicyclic amines) is 1. The van der Waals surface area contributed by atoms with Crippen LogP contribution >= 0.6 is 34.8 Å². The average molecular weight is 402 g/mol. The second-order valence-corrected chi connectivity index (χ2v) is 8.89. The monoisotopic (exact) mass is 400 g/mol. The molecule has 1 aliphatic heterocycles. The first-order chi connectivity index (χ1) is 10.8. The van der Waals surface area contributed by atoms with E-state index < -0.39 is 20.9 Å². The molecule has 1 heterocycles. The van der Waals surface area contributed by atoms with Crippen molar-refractivity contribution < 1.29 is 19.4 Å². The van der Waals surface area contributed by atoms with Crippen molar-refractivity contribution in [1.82, 2.24) is 4.90 Å². The molecule has 0 aromatic rings. The molecular weight excluding hydrogens is 379 g/mol. The van der Waals surface area contributed by atoms with Crippen molar-refractivity contribution in [1.29, 1.82) is 5.41 Å². The van der Waals surface area contributed by atoms with E-state index in [1.54, 1.807) is 17.1 Å². The lowest BCUT2D eigenvalue weighted by molar-refractivity contribution is -0.00873. The van der Waals surface area contributed by atoms with E-state index in [1.165, 1.54) is 0 Å². The number of hydrogen-bond donors (Lipinski definition) is 2. The first-order valence-corrected chi connectivity index (χ1v) is 8.62. The number of nitrogens with one attached hydrogen (secondary N) is 1. The van der Waals surface area contributed by atoms with E-state index in [0.29, 0.717) is 25.9 Å². The molecule has 0 aliphatic carbocycles. The Morgan fingerprint density at radius 3 is 2.29 bits per heavy atom. The smallest absolute Gasteiger partial charge is 0.410 e. The van der Waals surface area contributed by atoms with Gasteiger partial charge in [0.1, 0.15) is 12.2 Å². The molecule has 0 saturated carbocycles. The number of amides is 1. The van der Waals surface area contributed by atoms with Crippen LogP contribution in [0.15, 0.2) is 12.2 Å². The van der Waals surface area contributed by atoms with Crippen LogP contribution in [-0.4, -0.2) is 56.7 Å². The Morgan fingerprint density at radius 1 is 1.29 bits per heavy atom. The third kappa shape index (κ3) is 7.47. The van der Waals surface area contributed by atoms with Gasteiger partial charge in [0.15, 0.2) is 0 Å². The molecule has 138 valence electrons. The molecule has 0 aromatic heterocycles. The number of aliphatic hydroxyl groups is 1. The van der Waals surface area contributed by atoms with Crippen molar-refractivity contribution in [3.05, 3.63) is 12.2 Å². The topological polar surface area (TPSA) is 82.8 Å². The summed E-state index contributed by atoms with van der Waals surface area (Å²) in [6.45, 7) is 6.21. The molecule has 2 N–H and O–H groups in total. The Balaban J connectivity index is 2.43. The third-order valence-corrected chi connectivity index (χ3v) is 3.81. The highest BCUT2D eigenvalue weighted by atomic mass is 35.6. The number of carbonyl (C=O) groups excluding carboxylic acids is 1. The van der Waals surface area contributed by atoms with Crippen molar-refractivity contribution in [2.45, 2.75) is 48.6 Å². The predicted octanol–water partition coefficient (Wildman–Crippen LogP) is 3.67. The minimum atomic E-state index is -1.90. The van der Waals surface area contributed by atoms with Crippen LogP contribution in [0.25, 0.3) is 0 Å². The third-order valence-electron chi connectivity index (χ3n) is 3.29. The SMILES string of the molecule is CC(C)(C)OC(=O)N1CCC(O)(/C=C/COC(=N)C(Cl)(Cl)Cl)CC1. The van der Waals surface area contributed by atoms with Crippen molar-refractivity contribution in [3.8, 4) is 0 Å². The minimum absolute atomic E-state index is 0.00480. The molecule has 1 aliphatic rings. The van der Waals surface area contributed by atoms with E-state index in [1.807, 2.05) is 20.8 Å². The fourth-order valence-electron chi connectivity index (χ4n) is 2.05. The van der Waals surface area contributed by atoms with Gasteiger partial charge < -0.3 is 19.5 Å². The quantitative estimate of drug-likeness (QED) is 0.327. The van der Waals surface area contributed by atoms with E-state index in [4.69, 9.17) is 49.7 Å². The van der Waals surface area contributed by atoms with Gasteiger partial charge in [-0.2, -0.15) is 0 Å². The zero-order chi connectivity index (χ0) is 18.6. The fraction of sp³-hybridized carbons (Fsp3) is 0.733. The highest BCUT2D eigenvalue weighted by Gasteiger charge is 2.33. The summed E-state index contributed by atoms with van der Waals surface area (Å²) in [4.78, 5) is 13.5. The number of hydrogen-bond acceptors (Lipinski definition) is 5. The predicted molar refractivity (Wildman–Crippen MR) is 95.1 cm³/mol. The number of carbonyl (C=O) groups is 1. The number of halogens is 3. The summed E-state index contributed by atoms with van der Waals surface area (Å²) in [6.07, 6.45) is 3.53. The zero-order valence-electron chi connectivity index (χ0n) is 13.9. The van der Waals surface area contributed by atoms with Crippen LogP contribution < -0.4 is 0 Å². The highest BCUT2D eigenvalue weighted by molar-refractivity contribution is 6.76. The van der Waals surface area contributed by atoms with Gasteiger partial charge in [-0.1, -0.05) is 40.9 Å². The Labute approximate surface area is 157 Å². The fourth-order valence-corrected chi connectivity index (χ4v) is 2.21.